The van der Waals surface area contributed by atoms with Gasteiger partial charge in [-0.1, -0.05) is 33.2 Å². The lowest BCUT2D eigenvalue weighted by Gasteiger charge is -2.17. The maximum Gasteiger partial charge on any atom is 0.166 e. The highest BCUT2D eigenvalue weighted by atomic mass is 79.9. The lowest BCUT2D eigenvalue weighted by molar-refractivity contribution is -0.129. The van der Waals surface area contributed by atoms with Gasteiger partial charge in [-0.3, -0.25) is 4.79 Å². The first kappa shape index (κ1) is 15.6. The van der Waals surface area contributed by atoms with Gasteiger partial charge < -0.3 is 4.74 Å². The number of halogens is 1. The van der Waals surface area contributed by atoms with E-state index < -0.39 is 5.60 Å². The zero-order chi connectivity index (χ0) is 13.8. The van der Waals surface area contributed by atoms with E-state index in [0.717, 1.165) is 19.3 Å². The molecule has 1 rings (SSSR count). The van der Waals surface area contributed by atoms with Crippen molar-refractivity contribution < 1.29 is 9.53 Å². The second-order valence-electron chi connectivity index (χ2n) is 5.63. The molecule has 102 valence electrons. The lowest BCUT2D eigenvalue weighted by Crippen LogP contribution is -2.27. The van der Waals surface area contributed by atoms with Gasteiger partial charge >= 0.3 is 0 Å². The lowest BCUT2D eigenvalue weighted by atomic mass is 10.0. The third-order valence-corrected chi connectivity index (χ3v) is 4.09. The average molecular weight is 315 g/mol. The summed E-state index contributed by atoms with van der Waals surface area (Å²) in [6, 6.07) is 0. The Morgan fingerprint density at radius 1 is 1.44 bits per heavy atom. The Labute approximate surface area is 119 Å². The molecule has 0 amide bonds. The fourth-order valence-corrected chi connectivity index (χ4v) is 2.36. The average Bonchev–Trinajstić information content (AvgIpc) is 2.51. The molecule has 0 aromatic heterocycles. The van der Waals surface area contributed by atoms with E-state index in [1.165, 1.54) is 11.1 Å². The summed E-state index contributed by atoms with van der Waals surface area (Å²) in [6.45, 7) is 7.95. The number of rotatable bonds is 5. The number of Topliss-reactive ketones (excluding diaryl/α,β-unsaturated/α-hetero) is 1. The highest BCUT2D eigenvalue weighted by Gasteiger charge is 2.39. The van der Waals surface area contributed by atoms with Crippen LogP contribution < -0.4 is 0 Å². The molecule has 0 aromatic rings. The molecular weight excluding hydrogens is 292 g/mol. The summed E-state index contributed by atoms with van der Waals surface area (Å²) in [5.74, 6) is 0.221. The first-order valence-electron chi connectivity index (χ1n) is 6.47. The second kappa shape index (κ2) is 6.67. The first-order valence-corrected chi connectivity index (χ1v) is 7.39. The molecule has 2 nitrogen and oxygen atoms in total. The third-order valence-electron chi connectivity index (χ3n) is 3.31. The Hall–Kier alpha value is -0.410. The molecule has 0 aromatic carbocycles. The number of carbonyl (C=O) groups is 1. The molecule has 1 aliphatic rings. The maximum absolute atomic E-state index is 11.7. The summed E-state index contributed by atoms with van der Waals surface area (Å²) in [7, 11) is 0. The molecule has 0 N–H and O–H groups in total. The number of hydrogen-bond donors (Lipinski definition) is 0. The number of ether oxygens (including phenoxy) is 1. The van der Waals surface area contributed by atoms with E-state index in [9.17, 15) is 4.79 Å². The molecule has 1 unspecified atom stereocenters. The Bertz CT molecular complexity index is 367. The summed E-state index contributed by atoms with van der Waals surface area (Å²) in [5.41, 5.74) is 2.07. The predicted octanol–water partition coefficient (Wildman–Crippen LogP) is 4.54. The van der Waals surface area contributed by atoms with Crippen LogP contribution in [0.2, 0.25) is 0 Å². The molecule has 0 aliphatic carbocycles. The fraction of sp³-hybridized carbons (Fsp3) is 0.667. The Morgan fingerprint density at radius 3 is 2.61 bits per heavy atom. The van der Waals surface area contributed by atoms with Gasteiger partial charge in [0.25, 0.3) is 0 Å². The van der Waals surface area contributed by atoms with Crippen molar-refractivity contribution in [2.75, 3.05) is 0 Å². The van der Waals surface area contributed by atoms with E-state index in [4.69, 9.17) is 4.74 Å². The minimum absolute atomic E-state index is 0.0663. The molecule has 18 heavy (non-hydrogen) atoms. The van der Waals surface area contributed by atoms with Gasteiger partial charge in [0.05, 0.1) is 6.10 Å². The maximum atomic E-state index is 11.7. The van der Waals surface area contributed by atoms with Crippen molar-refractivity contribution in [3.8, 4) is 0 Å². The van der Waals surface area contributed by atoms with Crippen molar-refractivity contribution in [2.45, 2.75) is 65.1 Å². The number of ketones is 1. The van der Waals surface area contributed by atoms with Gasteiger partial charge in [0.1, 0.15) is 5.60 Å². The van der Waals surface area contributed by atoms with Crippen LogP contribution in [-0.2, 0) is 9.53 Å². The summed E-state index contributed by atoms with van der Waals surface area (Å²) in [5, 5.41) is 0. The number of allylic oxidation sites excluding steroid dienone is 2. The van der Waals surface area contributed by atoms with Crippen LogP contribution in [0, 0.1) is 0 Å². The first-order chi connectivity index (χ1) is 8.35. The van der Waals surface area contributed by atoms with E-state index in [-0.39, 0.29) is 11.9 Å². The van der Waals surface area contributed by atoms with Crippen LogP contribution in [0.5, 0.6) is 0 Å². The van der Waals surface area contributed by atoms with Gasteiger partial charge in [-0.15, -0.1) is 0 Å². The molecule has 1 atom stereocenters. The molecule has 1 heterocycles. The summed E-state index contributed by atoms with van der Waals surface area (Å²) >= 11 is 3.33. The van der Waals surface area contributed by atoms with Gasteiger partial charge in [-0.2, -0.15) is 0 Å². The fourth-order valence-electron chi connectivity index (χ4n) is 2.13. The van der Waals surface area contributed by atoms with E-state index in [1.54, 1.807) is 0 Å². The monoisotopic (exact) mass is 314 g/mol. The molecule has 1 saturated heterocycles. The van der Waals surface area contributed by atoms with Crippen molar-refractivity contribution in [1.29, 1.82) is 0 Å². The van der Waals surface area contributed by atoms with Gasteiger partial charge in [0.15, 0.2) is 5.78 Å². The molecule has 3 heteroatoms. The van der Waals surface area contributed by atoms with Crippen LogP contribution in [-0.4, -0.2) is 17.5 Å². The third kappa shape index (κ3) is 4.69. The molecule has 1 aliphatic heterocycles. The van der Waals surface area contributed by atoms with E-state index in [2.05, 4.69) is 35.9 Å². The van der Waals surface area contributed by atoms with E-state index in [1.807, 2.05) is 18.8 Å². The highest BCUT2D eigenvalue weighted by Crippen LogP contribution is 2.29. The topological polar surface area (TPSA) is 26.3 Å². The van der Waals surface area contributed by atoms with Crippen LogP contribution >= 0.6 is 15.9 Å². The van der Waals surface area contributed by atoms with Crippen LogP contribution in [0.1, 0.15) is 53.4 Å². The quantitative estimate of drug-likeness (QED) is 0.696. The molecule has 0 radical (unpaired) electrons. The zero-order valence-corrected chi connectivity index (χ0v) is 13.3. The minimum atomic E-state index is -0.583. The van der Waals surface area contributed by atoms with Gasteiger partial charge in [0.2, 0.25) is 0 Å². The number of hydrogen-bond acceptors (Lipinski definition) is 2. The van der Waals surface area contributed by atoms with Crippen molar-refractivity contribution in [1.82, 2.24) is 0 Å². The predicted molar refractivity (Wildman–Crippen MR) is 78.9 cm³/mol. The van der Waals surface area contributed by atoms with Crippen molar-refractivity contribution in [3.05, 3.63) is 22.2 Å². The standard InChI is InChI=1S/C15H23BrO2/c1-11(6-5-7-12(2)10-16)8-13-9-14(17)15(3,4)18-13/h6,10,13H,5,7-9H2,1-4H3/b11-6+,12-10+. The van der Waals surface area contributed by atoms with Crippen molar-refractivity contribution in [3.63, 3.8) is 0 Å². The molecule has 0 bridgehead atoms. The van der Waals surface area contributed by atoms with Crippen LogP contribution in [0.25, 0.3) is 0 Å². The van der Waals surface area contributed by atoms with Gasteiger partial charge in [-0.25, -0.2) is 0 Å². The zero-order valence-electron chi connectivity index (χ0n) is 11.8. The van der Waals surface area contributed by atoms with Gasteiger partial charge in [0, 0.05) is 6.42 Å². The number of carbonyl (C=O) groups excluding carboxylic acids is 1. The Morgan fingerprint density at radius 2 is 2.11 bits per heavy atom. The summed E-state index contributed by atoms with van der Waals surface area (Å²) < 4.78 is 5.77. The van der Waals surface area contributed by atoms with Crippen molar-refractivity contribution >= 4 is 21.7 Å². The Balaban J connectivity index is 2.39. The van der Waals surface area contributed by atoms with Gasteiger partial charge in [-0.05, 0) is 51.9 Å². The smallest absolute Gasteiger partial charge is 0.166 e. The Kier molecular flexibility index (Phi) is 5.80. The van der Waals surface area contributed by atoms with Crippen LogP contribution in [0.15, 0.2) is 22.2 Å². The summed E-state index contributed by atoms with van der Waals surface area (Å²) in [6.07, 6.45) is 5.85. The van der Waals surface area contributed by atoms with Crippen LogP contribution in [0.4, 0.5) is 0 Å². The molecular formula is C15H23BrO2. The summed E-state index contributed by atoms with van der Waals surface area (Å²) in [4.78, 5) is 13.6. The largest absolute Gasteiger partial charge is 0.364 e. The normalized spacial score (nSPS) is 24.7. The van der Waals surface area contributed by atoms with Crippen LogP contribution in [0.3, 0.4) is 0 Å². The highest BCUT2D eigenvalue weighted by molar-refractivity contribution is 9.11. The molecule has 1 fully saturated rings. The second-order valence-corrected chi connectivity index (χ2v) is 6.08. The van der Waals surface area contributed by atoms with E-state index >= 15 is 0 Å². The molecule has 0 saturated carbocycles. The minimum Gasteiger partial charge on any atom is -0.364 e. The van der Waals surface area contributed by atoms with Crippen molar-refractivity contribution in [2.24, 2.45) is 0 Å². The van der Waals surface area contributed by atoms with E-state index in [0.29, 0.717) is 6.42 Å². The SMILES string of the molecule is C/C(=C\Br)CC/C=C(\C)CC1CC(=O)C(C)(C)O1. The molecule has 0 spiro atoms.